The van der Waals surface area contributed by atoms with Gasteiger partial charge in [0.15, 0.2) is 0 Å². The van der Waals surface area contributed by atoms with Crippen LogP contribution in [0.3, 0.4) is 0 Å². The lowest BCUT2D eigenvalue weighted by molar-refractivity contribution is -0.150. The number of carboxylic acid groups (broad SMARTS) is 1. The van der Waals surface area contributed by atoms with Crippen LogP contribution in [0.15, 0.2) is 66.2 Å². The second kappa shape index (κ2) is 10.7. The summed E-state index contributed by atoms with van der Waals surface area (Å²) in [5.74, 6) is -2.68. The molecule has 2 N–H and O–H groups in total. The second-order valence-electron chi connectivity index (χ2n) is 11.4. The zero-order valence-corrected chi connectivity index (χ0v) is 23.3. The molecule has 0 unspecified atom stereocenters. The van der Waals surface area contributed by atoms with Crippen LogP contribution in [0.5, 0.6) is 0 Å². The summed E-state index contributed by atoms with van der Waals surface area (Å²) in [6.07, 6.45) is 1.83. The van der Waals surface area contributed by atoms with E-state index >= 15 is 0 Å². The van der Waals surface area contributed by atoms with E-state index in [0.29, 0.717) is 16.3 Å². The minimum absolute atomic E-state index is 0.00472. The Morgan fingerprint density at radius 3 is 2.29 bits per heavy atom. The number of hydrogen-bond acceptors (Lipinski definition) is 5. The number of aromatic nitrogens is 1. The average Bonchev–Trinajstić information content (AvgIpc) is 3.50. The summed E-state index contributed by atoms with van der Waals surface area (Å²) < 4.78 is 0. The summed E-state index contributed by atoms with van der Waals surface area (Å²) in [6, 6.07) is 15.6. The summed E-state index contributed by atoms with van der Waals surface area (Å²) in [4.78, 5) is 47.0. The smallest absolute Gasteiger partial charge is 0.329 e. The van der Waals surface area contributed by atoms with Crippen LogP contribution in [0.1, 0.15) is 74.4 Å². The Balaban J connectivity index is 1.83. The molecular weight excluding hydrogens is 498 g/mol. The van der Waals surface area contributed by atoms with E-state index in [1.165, 1.54) is 16.2 Å². The van der Waals surface area contributed by atoms with Crippen molar-refractivity contribution in [3.05, 3.63) is 82.3 Å². The third-order valence-electron chi connectivity index (χ3n) is 7.12. The predicted octanol–water partition coefficient (Wildman–Crippen LogP) is 6.15. The van der Waals surface area contributed by atoms with Gasteiger partial charge in [0.1, 0.15) is 10.5 Å². The van der Waals surface area contributed by atoms with E-state index in [0.717, 1.165) is 5.56 Å². The van der Waals surface area contributed by atoms with Gasteiger partial charge in [0.2, 0.25) is 5.91 Å². The molecule has 2 heterocycles. The third-order valence-corrected chi connectivity index (χ3v) is 7.97. The van der Waals surface area contributed by atoms with Gasteiger partial charge < -0.3 is 15.3 Å². The van der Waals surface area contributed by atoms with Gasteiger partial charge in [0.05, 0.1) is 12.0 Å². The molecule has 0 radical (unpaired) electrons. The zero-order chi connectivity index (χ0) is 27.7. The molecule has 0 aliphatic carbocycles. The van der Waals surface area contributed by atoms with E-state index in [9.17, 15) is 19.5 Å². The highest BCUT2D eigenvalue weighted by Gasteiger charge is 2.61. The number of amides is 2. The molecule has 3 aromatic rings. The second-order valence-corrected chi connectivity index (χ2v) is 12.3. The van der Waals surface area contributed by atoms with Gasteiger partial charge in [0, 0.05) is 22.8 Å². The van der Waals surface area contributed by atoms with Crippen molar-refractivity contribution in [3.8, 4) is 0 Å². The van der Waals surface area contributed by atoms with E-state index in [-0.39, 0.29) is 30.1 Å². The fourth-order valence-electron chi connectivity index (χ4n) is 5.38. The quantitative estimate of drug-likeness (QED) is 0.379. The Labute approximate surface area is 227 Å². The van der Waals surface area contributed by atoms with E-state index in [2.05, 4.69) is 31.1 Å². The number of carbonyl (C=O) groups excluding carboxylic acids is 2. The molecule has 8 heteroatoms. The topological polar surface area (TPSA) is 99.6 Å². The van der Waals surface area contributed by atoms with Crippen molar-refractivity contribution in [2.75, 3.05) is 5.32 Å². The first kappa shape index (κ1) is 27.5. The monoisotopic (exact) mass is 533 g/mol. The molecule has 1 saturated heterocycles. The third kappa shape index (κ3) is 5.36. The van der Waals surface area contributed by atoms with Gasteiger partial charge in [-0.15, -0.1) is 11.3 Å². The highest BCUT2D eigenvalue weighted by Crippen LogP contribution is 2.51. The molecule has 3 atom stereocenters. The van der Waals surface area contributed by atoms with E-state index in [4.69, 9.17) is 0 Å². The first-order valence-electron chi connectivity index (χ1n) is 12.9. The maximum absolute atomic E-state index is 14.2. The number of nitrogens with one attached hydrogen (secondary N) is 1. The molecule has 0 spiro atoms. The molecule has 1 aromatic heterocycles. The predicted molar refractivity (Wildman–Crippen MR) is 149 cm³/mol. The molecule has 0 bridgehead atoms. The van der Waals surface area contributed by atoms with Crippen LogP contribution in [0, 0.1) is 11.8 Å². The van der Waals surface area contributed by atoms with Gasteiger partial charge in [-0.05, 0) is 54.0 Å². The number of thiazole rings is 1. The normalized spacial score (nSPS) is 21.5. The summed E-state index contributed by atoms with van der Waals surface area (Å²) >= 11 is 1.32. The van der Waals surface area contributed by atoms with Gasteiger partial charge in [-0.25, -0.2) is 9.78 Å². The SMILES string of the molecule is CC(C)C[C@@]1(C(=O)O)C[C@H](C(=O)Nc2ccccc2)[C@H](c2nccs2)N1C(=O)c1ccc(C(C)(C)C)cc1. The lowest BCUT2D eigenvalue weighted by Crippen LogP contribution is -2.54. The van der Waals surface area contributed by atoms with Crippen molar-refractivity contribution in [3.63, 3.8) is 0 Å². The Morgan fingerprint density at radius 2 is 1.76 bits per heavy atom. The molecule has 1 aliphatic heterocycles. The number of likely N-dealkylation sites (tertiary alicyclic amines) is 1. The lowest BCUT2D eigenvalue weighted by atomic mass is 9.83. The van der Waals surface area contributed by atoms with Crippen molar-refractivity contribution in [2.24, 2.45) is 11.8 Å². The number of carboxylic acids is 1. The minimum Gasteiger partial charge on any atom is -0.479 e. The molecule has 1 fully saturated rings. The number of anilines is 1. The molecule has 38 heavy (non-hydrogen) atoms. The van der Waals surface area contributed by atoms with Crippen LogP contribution >= 0.6 is 11.3 Å². The van der Waals surface area contributed by atoms with Crippen LogP contribution in [0.2, 0.25) is 0 Å². The highest BCUT2D eigenvalue weighted by atomic mass is 32.1. The lowest BCUT2D eigenvalue weighted by Gasteiger charge is -2.38. The fraction of sp³-hybridized carbons (Fsp3) is 0.400. The standard InChI is InChI=1S/C30H35N3O4S/c1-19(2)17-30(28(36)37)18-23(25(34)32-22-9-7-6-8-10-22)24(26-31-15-16-38-26)33(30)27(35)20-11-13-21(14-12-20)29(3,4)5/h6-16,19,23-24H,17-18H2,1-5H3,(H,32,34)(H,36,37)/t23-,24+,30-/m0/s1. The molecular formula is C30H35N3O4S. The number of carbonyl (C=O) groups is 3. The van der Waals surface area contributed by atoms with Crippen molar-refractivity contribution in [2.45, 2.75) is 64.5 Å². The Hall–Kier alpha value is -3.52. The van der Waals surface area contributed by atoms with Crippen molar-refractivity contribution < 1.29 is 19.5 Å². The van der Waals surface area contributed by atoms with Crippen molar-refractivity contribution in [1.82, 2.24) is 9.88 Å². The number of nitrogens with zero attached hydrogens (tertiary/aromatic N) is 2. The molecule has 2 amide bonds. The van der Waals surface area contributed by atoms with Gasteiger partial charge in [-0.2, -0.15) is 0 Å². The summed E-state index contributed by atoms with van der Waals surface area (Å²) in [5.41, 5.74) is 0.407. The maximum atomic E-state index is 14.2. The summed E-state index contributed by atoms with van der Waals surface area (Å²) in [5, 5.41) is 16.0. The molecule has 200 valence electrons. The number of benzene rings is 2. The van der Waals surface area contributed by atoms with Gasteiger partial charge in [-0.1, -0.05) is 65.0 Å². The first-order valence-corrected chi connectivity index (χ1v) is 13.7. The number of para-hydroxylation sites is 1. The number of rotatable bonds is 7. The molecule has 0 saturated carbocycles. The van der Waals surface area contributed by atoms with Gasteiger partial charge in [-0.3, -0.25) is 9.59 Å². The van der Waals surface area contributed by atoms with E-state index in [1.807, 2.05) is 44.2 Å². The number of hydrogen-bond donors (Lipinski definition) is 2. The van der Waals surface area contributed by atoms with Crippen molar-refractivity contribution in [1.29, 1.82) is 0 Å². The zero-order valence-electron chi connectivity index (χ0n) is 22.5. The number of aliphatic carboxylic acids is 1. The van der Waals surface area contributed by atoms with Crippen LogP contribution in [-0.2, 0) is 15.0 Å². The maximum Gasteiger partial charge on any atom is 0.329 e. The Morgan fingerprint density at radius 1 is 1.11 bits per heavy atom. The van der Waals surface area contributed by atoms with Crippen molar-refractivity contribution >= 4 is 34.8 Å². The summed E-state index contributed by atoms with van der Waals surface area (Å²) in [6.45, 7) is 10.1. The van der Waals surface area contributed by atoms with Gasteiger partial charge in [0.25, 0.3) is 5.91 Å². The highest BCUT2D eigenvalue weighted by molar-refractivity contribution is 7.09. The molecule has 1 aliphatic rings. The van der Waals surface area contributed by atoms with Crippen LogP contribution < -0.4 is 5.32 Å². The molecule has 2 aromatic carbocycles. The van der Waals surface area contributed by atoms with E-state index in [1.54, 1.807) is 35.8 Å². The van der Waals surface area contributed by atoms with Crippen LogP contribution in [0.25, 0.3) is 0 Å². The fourth-order valence-corrected chi connectivity index (χ4v) is 6.17. The average molecular weight is 534 g/mol. The van der Waals surface area contributed by atoms with E-state index < -0.39 is 29.4 Å². The minimum atomic E-state index is -1.57. The van der Waals surface area contributed by atoms with Gasteiger partial charge >= 0.3 is 5.97 Å². The Kier molecular flexibility index (Phi) is 7.74. The van der Waals surface area contributed by atoms with Crippen LogP contribution in [-0.4, -0.2) is 38.3 Å². The first-order chi connectivity index (χ1) is 17.9. The summed E-state index contributed by atoms with van der Waals surface area (Å²) in [7, 11) is 0. The van der Waals surface area contributed by atoms with Crippen LogP contribution in [0.4, 0.5) is 5.69 Å². The molecule has 7 nitrogen and oxygen atoms in total. The largest absolute Gasteiger partial charge is 0.479 e. The Bertz CT molecular complexity index is 1280. The molecule has 4 rings (SSSR count).